The van der Waals surface area contributed by atoms with Crippen molar-refractivity contribution in [1.82, 2.24) is 29.3 Å². The fourth-order valence-electron chi connectivity index (χ4n) is 5.13. The molecule has 34 heavy (non-hydrogen) atoms. The molecule has 0 radical (unpaired) electrons. The molecular weight excluding hydrogens is 454 g/mol. The first kappa shape index (κ1) is 21.5. The number of carbonyl (C=O) groups is 1. The van der Waals surface area contributed by atoms with E-state index in [0.717, 1.165) is 43.1 Å². The molecule has 0 saturated carbocycles. The van der Waals surface area contributed by atoms with E-state index in [-0.39, 0.29) is 23.1 Å². The maximum absolute atomic E-state index is 12.6. The lowest BCUT2D eigenvalue weighted by atomic mass is 10.0. The second-order valence-corrected chi connectivity index (χ2v) is 10.1. The Morgan fingerprint density at radius 3 is 2.79 bits per heavy atom. The van der Waals surface area contributed by atoms with Gasteiger partial charge in [0.2, 0.25) is 5.91 Å². The summed E-state index contributed by atoms with van der Waals surface area (Å²) >= 11 is 1.52. The highest BCUT2D eigenvalue weighted by Gasteiger charge is 2.29. The molecule has 0 aromatic carbocycles. The smallest absolute Gasteiger partial charge is 0.270 e. The number of hydrogen-bond acceptors (Lipinski definition) is 8. The van der Waals surface area contributed by atoms with Crippen LogP contribution in [0.15, 0.2) is 44.9 Å². The molecule has 0 unspecified atom stereocenters. The van der Waals surface area contributed by atoms with Crippen LogP contribution in [-0.4, -0.2) is 61.3 Å². The van der Waals surface area contributed by atoms with E-state index in [1.54, 1.807) is 15.2 Å². The van der Waals surface area contributed by atoms with Crippen molar-refractivity contribution in [2.24, 2.45) is 0 Å². The molecule has 6 rings (SSSR count). The third kappa shape index (κ3) is 3.93. The molecule has 176 valence electrons. The number of aromatic nitrogens is 4. The second-order valence-electron chi connectivity index (χ2n) is 9.05. The Balaban J connectivity index is 1.06. The number of pyridine rings is 2. The fourth-order valence-corrected chi connectivity index (χ4v) is 5.89. The van der Waals surface area contributed by atoms with Gasteiger partial charge in [-0.3, -0.25) is 23.5 Å². The van der Waals surface area contributed by atoms with Crippen molar-refractivity contribution in [2.45, 2.75) is 42.9 Å². The van der Waals surface area contributed by atoms with Crippen LogP contribution in [0.5, 0.6) is 0 Å². The Morgan fingerprint density at radius 1 is 1.09 bits per heavy atom. The highest BCUT2D eigenvalue weighted by Crippen LogP contribution is 2.30. The minimum atomic E-state index is -0.155. The molecule has 3 aromatic heterocycles. The van der Waals surface area contributed by atoms with Crippen LogP contribution in [0, 0.1) is 0 Å². The number of nitrogens with one attached hydrogen (secondary N) is 2. The number of amides is 1. The van der Waals surface area contributed by atoms with Crippen molar-refractivity contribution in [3.8, 4) is 0 Å². The molecule has 3 aliphatic rings. The lowest BCUT2D eigenvalue weighted by molar-refractivity contribution is -0.113. The van der Waals surface area contributed by atoms with Crippen molar-refractivity contribution in [3.63, 3.8) is 0 Å². The normalized spacial score (nSPS) is 20.5. The topological polar surface area (TPSA) is 114 Å². The lowest BCUT2D eigenvalue weighted by Gasteiger charge is -2.34. The first-order chi connectivity index (χ1) is 16.5. The molecule has 1 fully saturated rings. The fraction of sp³-hybridized carbons (Fsp3) is 0.435. The first-order valence-electron chi connectivity index (χ1n) is 11.5. The Hall–Kier alpha value is -3.02. The van der Waals surface area contributed by atoms with E-state index < -0.39 is 0 Å². The van der Waals surface area contributed by atoms with Gasteiger partial charge >= 0.3 is 0 Å². The van der Waals surface area contributed by atoms with Gasteiger partial charge in [-0.25, -0.2) is 9.97 Å². The maximum atomic E-state index is 12.6. The summed E-state index contributed by atoms with van der Waals surface area (Å²) in [6, 6.07) is 7.57. The van der Waals surface area contributed by atoms with E-state index in [2.05, 4.69) is 25.5 Å². The summed E-state index contributed by atoms with van der Waals surface area (Å²) < 4.78 is 3.42. The summed E-state index contributed by atoms with van der Waals surface area (Å²) in [6.07, 6.45) is 3.35. The highest BCUT2D eigenvalue weighted by atomic mass is 32.2. The van der Waals surface area contributed by atoms with Gasteiger partial charge in [-0.2, -0.15) is 0 Å². The van der Waals surface area contributed by atoms with Gasteiger partial charge in [-0.05, 0) is 44.1 Å². The molecule has 0 aliphatic carbocycles. The predicted octanol–water partition coefficient (Wildman–Crippen LogP) is 0.806. The molecule has 6 heterocycles. The number of piperidine rings is 1. The van der Waals surface area contributed by atoms with Gasteiger partial charge < -0.3 is 15.5 Å². The molecule has 0 bridgehead atoms. The van der Waals surface area contributed by atoms with Crippen LogP contribution in [-0.2, 0) is 17.9 Å². The van der Waals surface area contributed by atoms with Crippen LogP contribution in [0.1, 0.15) is 24.6 Å². The van der Waals surface area contributed by atoms with Crippen LogP contribution in [0.2, 0.25) is 0 Å². The standard InChI is InChI=1S/C23H25N7O3S/c31-19-13-34-18-3-1-15(26-22(18)27-19)9-24-14-5-7-28(8-6-14)11-16-12-29-20(32)4-2-17-23(29)30(16)21(33)10-25-17/h1-4,10,14,16,24H,5-9,11-13H2,(H,26,27,31)/t16-/m1/s1. The number of likely N-dealkylation sites (tertiary alicyclic amines) is 1. The Kier molecular flexibility index (Phi) is 5.47. The summed E-state index contributed by atoms with van der Waals surface area (Å²) in [5.41, 5.74) is 1.98. The average molecular weight is 480 g/mol. The molecule has 1 saturated heterocycles. The molecule has 1 atom stereocenters. The number of hydrogen-bond donors (Lipinski definition) is 2. The summed E-state index contributed by atoms with van der Waals surface area (Å²) in [5, 5.41) is 6.44. The number of rotatable bonds is 5. The van der Waals surface area contributed by atoms with Gasteiger partial charge in [-0.1, -0.05) is 0 Å². The van der Waals surface area contributed by atoms with Crippen LogP contribution in [0.3, 0.4) is 0 Å². The predicted molar refractivity (Wildman–Crippen MR) is 129 cm³/mol. The summed E-state index contributed by atoms with van der Waals surface area (Å²) in [5.74, 6) is 1.09. The van der Waals surface area contributed by atoms with Crippen molar-refractivity contribution in [2.75, 3.05) is 30.7 Å². The number of thioether (sulfide) groups is 1. The third-order valence-corrected chi connectivity index (χ3v) is 7.88. The zero-order valence-electron chi connectivity index (χ0n) is 18.6. The summed E-state index contributed by atoms with van der Waals surface area (Å²) in [7, 11) is 0. The minimum Gasteiger partial charge on any atom is -0.309 e. The Bertz CT molecular complexity index is 1390. The maximum Gasteiger partial charge on any atom is 0.270 e. The molecular formula is C23H25N7O3S. The number of carbonyl (C=O) groups excluding carboxylic acids is 1. The number of nitrogens with zero attached hydrogens (tertiary/aromatic N) is 5. The van der Waals surface area contributed by atoms with Crippen LogP contribution in [0.4, 0.5) is 5.82 Å². The van der Waals surface area contributed by atoms with Crippen molar-refractivity contribution >= 4 is 34.7 Å². The van der Waals surface area contributed by atoms with E-state index in [0.29, 0.717) is 41.9 Å². The molecule has 10 nitrogen and oxygen atoms in total. The largest absolute Gasteiger partial charge is 0.309 e. The van der Waals surface area contributed by atoms with Gasteiger partial charge in [0.1, 0.15) is 17.0 Å². The van der Waals surface area contributed by atoms with Crippen LogP contribution in [0.25, 0.3) is 11.2 Å². The van der Waals surface area contributed by atoms with Gasteiger partial charge in [-0.15, -0.1) is 11.8 Å². The molecule has 3 aliphatic heterocycles. The Morgan fingerprint density at radius 2 is 1.94 bits per heavy atom. The van der Waals surface area contributed by atoms with Gasteiger partial charge in [0, 0.05) is 31.7 Å². The molecule has 0 spiro atoms. The zero-order chi connectivity index (χ0) is 23.2. The van der Waals surface area contributed by atoms with E-state index in [4.69, 9.17) is 0 Å². The van der Waals surface area contributed by atoms with Gasteiger partial charge in [0.15, 0.2) is 0 Å². The highest BCUT2D eigenvalue weighted by molar-refractivity contribution is 8.00. The van der Waals surface area contributed by atoms with Crippen molar-refractivity contribution in [1.29, 1.82) is 0 Å². The monoisotopic (exact) mass is 479 g/mol. The zero-order valence-corrected chi connectivity index (χ0v) is 19.4. The van der Waals surface area contributed by atoms with E-state index in [1.165, 1.54) is 24.0 Å². The summed E-state index contributed by atoms with van der Waals surface area (Å²) in [4.78, 5) is 48.7. The van der Waals surface area contributed by atoms with Crippen LogP contribution >= 0.6 is 11.8 Å². The number of anilines is 1. The van der Waals surface area contributed by atoms with Crippen LogP contribution < -0.4 is 21.8 Å². The molecule has 1 amide bonds. The second kappa shape index (κ2) is 8.64. The SMILES string of the molecule is O=C1CSc2ccc(CNC3CCN(C[C@@H]4Cn5c(=O)ccc6ncc(=O)n4c65)CC3)nc2N1. The summed E-state index contributed by atoms with van der Waals surface area (Å²) in [6.45, 7) is 3.74. The van der Waals surface area contributed by atoms with Gasteiger partial charge in [0.25, 0.3) is 11.1 Å². The first-order valence-corrected chi connectivity index (χ1v) is 12.5. The quantitative estimate of drug-likeness (QED) is 0.553. The van der Waals surface area contributed by atoms with E-state index in [9.17, 15) is 14.4 Å². The van der Waals surface area contributed by atoms with E-state index >= 15 is 0 Å². The third-order valence-electron chi connectivity index (χ3n) is 6.83. The number of fused-ring (bicyclic) bond motifs is 1. The van der Waals surface area contributed by atoms with Crippen molar-refractivity contribution < 1.29 is 4.79 Å². The van der Waals surface area contributed by atoms with Gasteiger partial charge in [0.05, 0.1) is 28.6 Å². The lowest BCUT2D eigenvalue weighted by Crippen LogP contribution is -2.44. The van der Waals surface area contributed by atoms with Crippen molar-refractivity contribution in [3.05, 3.63) is 56.9 Å². The molecule has 11 heteroatoms. The average Bonchev–Trinajstić information content (AvgIpc) is 3.23. The minimum absolute atomic E-state index is 0.00697. The van der Waals surface area contributed by atoms with E-state index in [1.807, 2.05) is 12.1 Å². The Labute approximate surface area is 199 Å². The molecule has 2 N–H and O–H groups in total. The molecule has 3 aromatic rings.